The number of carbonyl (C=O) groups is 1. The van der Waals surface area contributed by atoms with Crippen molar-refractivity contribution >= 4 is 38.6 Å². The van der Waals surface area contributed by atoms with Crippen LogP contribution in [0.15, 0.2) is 59.1 Å². The molecule has 4 heteroatoms. The molecular weight excluding hydrogens is 340 g/mol. The number of nitrogens with zero attached hydrogens (tertiary/aromatic N) is 2. The molecule has 3 aromatic rings. The summed E-state index contributed by atoms with van der Waals surface area (Å²) in [6.07, 6.45) is 0.851. The van der Waals surface area contributed by atoms with E-state index in [1.54, 1.807) is 4.90 Å². The van der Waals surface area contributed by atoms with Gasteiger partial charge in [-0.05, 0) is 52.2 Å². The summed E-state index contributed by atoms with van der Waals surface area (Å²) in [5, 5.41) is 1.12. The van der Waals surface area contributed by atoms with Crippen LogP contribution in [-0.4, -0.2) is 17.4 Å². The number of benzene rings is 2. The van der Waals surface area contributed by atoms with Crippen LogP contribution in [0.2, 0.25) is 0 Å². The van der Waals surface area contributed by atoms with Crippen LogP contribution in [0.3, 0.4) is 0 Å². The van der Waals surface area contributed by atoms with Crippen molar-refractivity contribution in [1.29, 1.82) is 0 Å². The average Bonchev–Trinajstić information content (AvgIpc) is 2.95. The van der Waals surface area contributed by atoms with Gasteiger partial charge < -0.3 is 0 Å². The summed E-state index contributed by atoms with van der Waals surface area (Å²) >= 11 is 3.46. The predicted molar refractivity (Wildman–Crippen MR) is 91.3 cm³/mol. The number of carbonyl (C=O) groups excluding carboxylic acids is 1. The number of para-hydroxylation sites is 1. The van der Waals surface area contributed by atoms with E-state index in [-0.39, 0.29) is 5.91 Å². The lowest BCUT2D eigenvalue weighted by Gasteiger charge is -2.17. The van der Waals surface area contributed by atoms with E-state index in [2.05, 4.69) is 28.1 Å². The molecule has 0 radical (unpaired) electrons. The smallest absolute Gasteiger partial charge is 0.260 e. The molecule has 0 atom stereocenters. The number of rotatable bonds is 1. The van der Waals surface area contributed by atoms with Gasteiger partial charge in [-0.1, -0.05) is 30.3 Å². The molecule has 0 spiro atoms. The minimum atomic E-state index is -0.00555. The maximum atomic E-state index is 12.8. The summed E-state index contributed by atoms with van der Waals surface area (Å²) in [5.41, 5.74) is 2.73. The maximum absolute atomic E-state index is 12.8. The van der Waals surface area contributed by atoms with Crippen molar-refractivity contribution in [3.63, 3.8) is 0 Å². The Morgan fingerprint density at radius 3 is 2.73 bits per heavy atom. The molecule has 4 rings (SSSR count). The van der Waals surface area contributed by atoms with Crippen LogP contribution in [0.25, 0.3) is 10.9 Å². The Morgan fingerprint density at radius 2 is 1.86 bits per heavy atom. The number of hydrogen-bond donors (Lipinski definition) is 0. The number of fused-ring (bicyclic) bond motifs is 2. The van der Waals surface area contributed by atoms with Gasteiger partial charge in [0.1, 0.15) is 5.82 Å². The van der Waals surface area contributed by atoms with Crippen LogP contribution in [-0.2, 0) is 6.42 Å². The molecule has 3 nitrogen and oxygen atoms in total. The van der Waals surface area contributed by atoms with Gasteiger partial charge in [0.25, 0.3) is 5.91 Å². The zero-order valence-electron chi connectivity index (χ0n) is 11.8. The van der Waals surface area contributed by atoms with Gasteiger partial charge in [-0.25, -0.2) is 4.98 Å². The maximum Gasteiger partial charge on any atom is 0.260 e. The van der Waals surface area contributed by atoms with Crippen LogP contribution >= 0.6 is 15.9 Å². The Balaban J connectivity index is 1.80. The number of pyridine rings is 1. The first kappa shape index (κ1) is 13.5. The van der Waals surface area contributed by atoms with Gasteiger partial charge >= 0.3 is 0 Å². The Labute approximate surface area is 136 Å². The molecule has 1 aliphatic heterocycles. The molecule has 1 amide bonds. The molecule has 0 unspecified atom stereocenters. The van der Waals surface area contributed by atoms with Crippen molar-refractivity contribution in [1.82, 2.24) is 4.98 Å². The summed E-state index contributed by atoms with van der Waals surface area (Å²) in [5.74, 6) is 0.786. The Morgan fingerprint density at radius 1 is 1.09 bits per heavy atom. The lowest BCUT2D eigenvalue weighted by atomic mass is 10.1. The van der Waals surface area contributed by atoms with Gasteiger partial charge in [-0.2, -0.15) is 0 Å². The highest BCUT2D eigenvalue weighted by Gasteiger charge is 2.28. The van der Waals surface area contributed by atoms with Gasteiger partial charge in [0.2, 0.25) is 0 Å². The molecule has 108 valence electrons. The topological polar surface area (TPSA) is 33.2 Å². The molecule has 0 fully saturated rings. The normalized spacial score (nSPS) is 13.4. The van der Waals surface area contributed by atoms with E-state index in [1.807, 2.05) is 42.5 Å². The van der Waals surface area contributed by atoms with Crippen molar-refractivity contribution in [2.24, 2.45) is 0 Å². The van der Waals surface area contributed by atoms with Gasteiger partial charge in [0.15, 0.2) is 0 Å². The van der Waals surface area contributed by atoms with Crippen molar-refractivity contribution in [2.45, 2.75) is 6.42 Å². The van der Waals surface area contributed by atoms with Crippen LogP contribution in [0.1, 0.15) is 15.9 Å². The van der Waals surface area contributed by atoms with Gasteiger partial charge in [-0.3, -0.25) is 9.69 Å². The van der Waals surface area contributed by atoms with Crippen LogP contribution in [0.5, 0.6) is 0 Å². The minimum Gasteiger partial charge on any atom is -0.292 e. The molecule has 1 aliphatic rings. The van der Waals surface area contributed by atoms with E-state index in [0.717, 1.165) is 33.2 Å². The zero-order chi connectivity index (χ0) is 15.1. The molecular formula is C18H13BrN2O. The molecule has 2 aromatic carbocycles. The van der Waals surface area contributed by atoms with E-state index in [4.69, 9.17) is 4.98 Å². The van der Waals surface area contributed by atoms with Crippen molar-refractivity contribution in [3.8, 4) is 0 Å². The zero-order valence-corrected chi connectivity index (χ0v) is 13.4. The quantitative estimate of drug-likeness (QED) is 0.657. The molecule has 0 saturated heterocycles. The third kappa shape index (κ3) is 2.11. The summed E-state index contributed by atoms with van der Waals surface area (Å²) in [4.78, 5) is 19.3. The fraction of sp³-hybridized carbons (Fsp3) is 0.111. The number of aromatic nitrogens is 1. The third-order valence-corrected chi connectivity index (χ3v) is 4.68. The van der Waals surface area contributed by atoms with E-state index in [1.165, 1.54) is 0 Å². The SMILES string of the molecule is O=C(c1ccccc1Br)N1CCc2cc3ccccc3nc21. The summed E-state index contributed by atoms with van der Waals surface area (Å²) in [6.45, 7) is 0.679. The summed E-state index contributed by atoms with van der Waals surface area (Å²) < 4.78 is 0.814. The Kier molecular flexibility index (Phi) is 3.19. The molecule has 0 bridgehead atoms. The van der Waals surface area contributed by atoms with Crippen molar-refractivity contribution in [3.05, 3.63) is 70.2 Å². The largest absolute Gasteiger partial charge is 0.292 e. The number of amides is 1. The van der Waals surface area contributed by atoms with Gasteiger partial charge in [0, 0.05) is 16.4 Å². The van der Waals surface area contributed by atoms with Crippen molar-refractivity contribution in [2.75, 3.05) is 11.4 Å². The molecule has 1 aromatic heterocycles. The van der Waals surface area contributed by atoms with Crippen molar-refractivity contribution < 1.29 is 4.79 Å². The highest BCUT2D eigenvalue weighted by molar-refractivity contribution is 9.10. The Hall–Kier alpha value is -2.20. The molecule has 22 heavy (non-hydrogen) atoms. The number of anilines is 1. The van der Waals surface area contributed by atoms with E-state index in [9.17, 15) is 4.79 Å². The first-order valence-electron chi connectivity index (χ1n) is 7.19. The van der Waals surface area contributed by atoms with Gasteiger partial charge in [-0.15, -0.1) is 0 Å². The highest BCUT2D eigenvalue weighted by Crippen LogP contribution is 2.31. The van der Waals surface area contributed by atoms with Crippen LogP contribution in [0, 0.1) is 0 Å². The molecule has 0 aliphatic carbocycles. The van der Waals surface area contributed by atoms with E-state index >= 15 is 0 Å². The lowest BCUT2D eigenvalue weighted by molar-refractivity contribution is 0.0988. The summed E-state index contributed by atoms with van der Waals surface area (Å²) in [6, 6.07) is 17.7. The molecule has 2 heterocycles. The first-order chi connectivity index (χ1) is 10.7. The monoisotopic (exact) mass is 352 g/mol. The molecule has 0 saturated carbocycles. The van der Waals surface area contributed by atoms with E-state index in [0.29, 0.717) is 12.1 Å². The fourth-order valence-corrected chi connectivity index (χ4v) is 3.34. The average molecular weight is 353 g/mol. The second-order valence-corrected chi connectivity index (χ2v) is 6.20. The predicted octanol–water partition coefficient (Wildman–Crippen LogP) is 4.20. The van der Waals surface area contributed by atoms with Crippen LogP contribution < -0.4 is 4.90 Å². The third-order valence-electron chi connectivity index (χ3n) is 3.99. The van der Waals surface area contributed by atoms with Crippen LogP contribution in [0.4, 0.5) is 5.82 Å². The van der Waals surface area contributed by atoms with E-state index < -0.39 is 0 Å². The minimum absolute atomic E-state index is 0.00555. The summed E-state index contributed by atoms with van der Waals surface area (Å²) in [7, 11) is 0. The standard InChI is InChI=1S/C18H13BrN2O/c19-15-7-3-2-6-14(15)18(22)21-10-9-13-11-12-5-1-4-8-16(12)20-17(13)21/h1-8,11H,9-10H2. The highest BCUT2D eigenvalue weighted by atomic mass is 79.9. The second-order valence-electron chi connectivity index (χ2n) is 5.35. The number of halogens is 1. The lowest BCUT2D eigenvalue weighted by Crippen LogP contribution is -2.29. The van der Waals surface area contributed by atoms with Gasteiger partial charge in [0.05, 0.1) is 11.1 Å². The second kappa shape index (κ2) is 5.21. The molecule has 0 N–H and O–H groups in total. The number of hydrogen-bond acceptors (Lipinski definition) is 2. The first-order valence-corrected chi connectivity index (χ1v) is 7.98. The fourth-order valence-electron chi connectivity index (χ4n) is 2.88. The Bertz CT molecular complexity index is 891.